The first-order valence-corrected chi connectivity index (χ1v) is 10.7. The van der Waals surface area contributed by atoms with Crippen LogP contribution in [0.4, 0.5) is 0 Å². The van der Waals surface area contributed by atoms with Crippen molar-refractivity contribution in [3.8, 4) is 23.1 Å². The van der Waals surface area contributed by atoms with E-state index < -0.39 is 0 Å². The summed E-state index contributed by atoms with van der Waals surface area (Å²) in [6, 6.07) is 17.4. The van der Waals surface area contributed by atoms with Crippen LogP contribution in [-0.4, -0.2) is 29.2 Å². The fourth-order valence-electron chi connectivity index (χ4n) is 3.37. The zero-order chi connectivity index (χ0) is 24.1. The Labute approximate surface area is 195 Å². The van der Waals surface area contributed by atoms with E-state index in [9.17, 15) is 14.9 Å². The lowest BCUT2D eigenvalue weighted by Gasteiger charge is -2.05. The third-order valence-corrected chi connectivity index (χ3v) is 4.96. The van der Waals surface area contributed by atoms with Gasteiger partial charge in [0.05, 0.1) is 35.3 Å². The molecule has 0 bridgehead atoms. The number of hydrogen-bond donors (Lipinski definition) is 1. The fraction of sp³-hybridized carbons (Fsp3) is 0.154. The number of carbonyl (C=O) groups excluding carboxylic acids is 1. The smallest absolute Gasteiger partial charge is 0.338 e. The molecule has 0 saturated heterocycles. The predicted octanol–water partition coefficient (Wildman–Crippen LogP) is 4.82. The Morgan fingerprint density at radius 3 is 2.62 bits per heavy atom. The highest BCUT2D eigenvalue weighted by molar-refractivity contribution is 5.90. The minimum atomic E-state index is -0.387. The van der Waals surface area contributed by atoms with Crippen molar-refractivity contribution < 1.29 is 18.7 Å². The van der Waals surface area contributed by atoms with Gasteiger partial charge in [0.25, 0.3) is 5.56 Å². The summed E-state index contributed by atoms with van der Waals surface area (Å²) in [5, 5.41) is 10.1. The average molecular weight is 455 g/mol. The number of esters is 1. The van der Waals surface area contributed by atoms with Gasteiger partial charge in [-0.25, -0.2) is 9.78 Å². The first-order valence-electron chi connectivity index (χ1n) is 10.7. The van der Waals surface area contributed by atoms with Crippen molar-refractivity contribution in [3.63, 3.8) is 0 Å². The summed E-state index contributed by atoms with van der Waals surface area (Å²) in [4.78, 5) is 31.5. The largest absolute Gasteiger partial charge is 0.494 e. The van der Waals surface area contributed by atoms with Crippen LogP contribution < -0.4 is 10.3 Å². The maximum absolute atomic E-state index is 12.6. The molecule has 0 fully saturated rings. The molecule has 8 heteroatoms. The van der Waals surface area contributed by atoms with Gasteiger partial charge in [0.1, 0.15) is 23.3 Å². The predicted molar refractivity (Wildman–Crippen MR) is 127 cm³/mol. The fourth-order valence-corrected chi connectivity index (χ4v) is 3.37. The minimum Gasteiger partial charge on any atom is -0.494 e. The van der Waals surface area contributed by atoms with Crippen molar-refractivity contribution in [1.29, 1.82) is 5.26 Å². The van der Waals surface area contributed by atoms with Gasteiger partial charge in [0.15, 0.2) is 5.82 Å². The van der Waals surface area contributed by atoms with Crippen molar-refractivity contribution in [2.75, 3.05) is 13.2 Å². The number of rotatable bonds is 7. The monoisotopic (exact) mass is 455 g/mol. The van der Waals surface area contributed by atoms with Gasteiger partial charge in [-0.1, -0.05) is 12.1 Å². The molecule has 170 valence electrons. The summed E-state index contributed by atoms with van der Waals surface area (Å²) < 4.78 is 16.3. The molecule has 34 heavy (non-hydrogen) atoms. The number of ether oxygens (including phenoxy) is 2. The van der Waals surface area contributed by atoms with Gasteiger partial charge in [-0.2, -0.15) is 5.26 Å². The molecule has 4 rings (SSSR count). The minimum absolute atomic E-state index is 0.140. The van der Waals surface area contributed by atoms with E-state index in [1.165, 1.54) is 6.08 Å². The average Bonchev–Trinajstić information content (AvgIpc) is 3.32. The number of carbonyl (C=O) groups is 1. The van der Waals surface area contributed by atoms with Crippen molar-refractivity contribution in [1.82, 2.24) is 9.97 Å². The highest BCUT2D eigenvalue weighted by atomic mass is 16.5. The maximum atomic E-state index is 12.6. The van der Waals surface area contributed by atoms with Crippen molar-refractivity contribution in [2.24, 2.45) is 0 Å². The molecule has 0 unspecified atom stereocenters. The van der Waals surface area contributed by atoms with Crippen LogP contribution in [0.25, 0.3) is 33.9 Å². The summed E-state index contributed by atoms with van der Waals surface area (Å²) >= 11 is 0. The molecule has 8 nitrogen and oxygen atoms in total. The number of nitrogens with zero attached hydrogens (tertiary/aromatic N) is 2. The first kappa shape index (κ1) is 22.6. The summed E-state index contributed by atoms with van der Waals surface area (Å²) in [5.41, 5.74) is 1.43. The van der Waals surface area contributed by atoms with E-state index in [2.05, 4.69) is 16.0 Å². The summed E-state index contributed by atoms with van der Waals surface area (Å²) in [6.45, 7) is 4.40. The SMILES string of the molecule is CCOC(=O)c1ccc(-c2ccc(C=C(C#N)c3nc4ccc(OCC)cc4c(=O)[nH]3)o2)cc1. The molecule has 0 spiro atoms. The van der Waals surface area contributed by atoms with Crippen molar-refractivity contribution >= 4 is 28.5 Å². The lowest BCUT2D eigenvalue weighted by atomic mass is 10.1. The maximum Gasteiger partial charge on any atom is 0.338 e. The van der Waals surface area contributed by atoms with Gasteiger partial charge in [0.2, 0.25) is 0 Å². The van der Waals surface area contributed by atoms with E-state index in [0.29, 0.717) is 47.0 Å². The number of benzene rings is 2. The number of H-pyrrole nitrogens is 1. The zero-order valence-electron chi connectivity index (χ0n) is 18.6. The number of aromatic amines is 1. The summed E-state index contributed by atoms with van der Waals surface area (Å²) in [5.74, 6) is 1.30. The molecular formula is C26H21N3O5. The number of allylic oxidation sites excluding steroid dienone is 1. The third-order valence-electron chi connectivity index (χ3n) is 4.96. The molecule has 2 aromatic heterocycles. The highest BCUT2D eigenvalue weighted by Gasteiger charge is 2.12. The highest BCUT2D eigenvalue weighted by Crippen LogP contribution is 2.25. The van der Waals surface area contributed by atoms with Gasteiger partial charge in [-0.05, 0) is 56.3 Å². The molecule has 0 aliphatic carbocycles. The molecule has 0 radical (unpaired) electrons. The second-order valence-electron chi connectivity index (χ2n) is 7.20. The molecule has 1 N–H and O–H groups in total. The van der Waals surface area contributed by atoms with Crippen molar-refractivity contribution in [3.05, 3.63) is 82.1 Å². The van der Waals surface area contributed by atoms with Crippen LogP contribution in [0.1, 0.15) is 35.8 Å². The lowest BCUT2D eigenvalue weighted by Crippen LogP contribution is -2.11. The van der Waals surface area contributed by atoms with Crippen LogP contribution in [-0.2, 0) is 4.74 Å². The van der Waals surface area contributed by atoms with Crippen LogP contribution in [0.2, 0.25) is 0 Å². The number of furan rings is 1. The molecule has 0 amide bonds. The van der Waals surface area contributed by atoms with Gasteiger partial charge in [-0.3, -0.25) is 4.79 Å². The number of nitrogens with one attached hydrogen (secondary N) is 1. The number of hydrogen-bond acceptors (Lipinski definition) is 7. The summed E-state index contributed by atoms with van der Waals surface area (Å²) in [7, 11) is 0. The third kappa shape index (κ3) is 4.74. The van der Waals surface area contributed by atoms with E-state index in [0.717, 1.165) is 5.56 Å². The Hall–Kier alpha value is -4.64. The van der Waals surface area contributed by atoms with Crippen LogP contribution in [0.5, 0.6) is 5.75 Å². The van der Waals surface area contributed by atoms with Crippen LogP contribution >= 0.6 is 0 Å². The second-order valence-corrected chi connectivity index (χ2v) is 7.20. The number of nitriles is 1. The Bertz CT molecular complexity index is 1470. The topological polar surface area (TPSA) is 118 Å². The first-order chi connectivity index (χ1) is 16.5. The molecule has 4 aromatic rings. The molecule has 0 atom stereocenters. The Morgan fingerprint density at radius 2 is 1.91 bits per heavy atom. The lowest BCUT2D eigenvalue weighted by molar-refractivity contribution is 0.0526. The Balaban J connectivity index is 1.62. The standard InChI is InChI=1S/C26H21N3O5/c1-3-32-19-9-11-22-21(14-19)25(30)29-24(28-22)18(15-27)13-20-10-12-23(34-20)16-5-7-17(8-6-16)26(31)33-4-2/h5-14H,3-4H2,1-2H3,(H,28,29,30). The van der Waals surface area contributed by atoms with Gasteiger partial charge in [0, 0.05) is 11.6 Å². The van der Waals surface area contributed by atoms with Gasteiger partial charge < -0.3 is 18.9 Å². The van der Waals surface area contributed by atoms with E-state index in [-0.39, 0.29) is 22.9 Å². The van der Waals surface area contributed by atoms with E-state index in [1.54, 1.807) is 61.5 Å². The van der Waals surface area contributed by atoms with E-state index in [1.807, 2.05) is 6.92 Å². The van der Waals surface area contributed by atoms with E-state index >= 15 is 0 Å². The molecule has 0 aliphatic rings. The molecule has 0 aliphatic heterocycles. The van der Waals surface area contributed by atoms with Crippen LogP contribution in [0, 0.1) is 11.3 Å². The quantitative estimate of drug-likeness (QED) is 0.313. The van der Waals surface area contributed by atoms with Crippen molar-refractivity contribution in [2.45, 2.75) is 13.8 Å². The van der Waals surface area contributed by atoms with Crippen LogP contribution in [0.15, 0.2) is 63.8 Å². The molecular weight excluding hydrogens is 434 g/mol. The summed E-state index contributed by atoms with van der Waals surface area (Å²) in [6.07, 6.45) is 1.51. The normalized spacial score (nSPS) is 11.3. The van der Waals surface area contributed by atoms with Gasteiger partial charge in [-0.15, -0.1) is 0 Å². The molecule has 2 heterocycles. The second kappa shape index (κ2) is 9.88. The van der Waals surface area contributed by atoms with E-state index in [4.69, 9.17) is 13.9 Å². The zero-order valence-corrected chi connectivity index (χ0v) is 18.6. The van der Waals surface area contributed by atoms with Crippen LogP contribution in [0.3, 0.4) is 0 Å². The molecule has 0 saturated carbocycles. The number of fused-ring (bicyclic) bond motifs is 1. The Morgan fingerprint density at radius 1 is 1.12 bits per heavy atom. The molecule has 2 aromatic carbocycles. The van der Waals surface area contributed by atoms with Gasteiger partial charge >= 0.3 is 5.97 Å². The number of aromatic nitrogens is 2. The Kier molecular flexibility index (Phi) is 6.55.